The fourth-order valence-electron chi connectivity index (χ4n) is 2.48. The maximum atomic E-state index is 12.4. The minimum atomic E-state index is -0.931. The Bertz CT molecular complexity index is 677. The molecule has 0 aliphatic carbocycles. The first-order chi connectivity index (χ1) is 9.66. The van der Waals surface area contributed by atoms with Gasteiger partial charge in [-0.1, -0.05) is 18.2 Å². The van der Waals surface area contributed by atoms with Crippen LogP contribution in [-0.4, -0.2) is 28.4 Å². The lowest BCUT2D eigenvalue weighted by Crippen LogP contribution is -2.37. The van der Waals surface area contributed by atoms with Crippen molar-refractivity contribution in [3.63, 3.8) is 0 Å². The molecule has 4 nitrogen and oxygen atoms in total. The van der Waals surface area contributed by atoms with Crippen molar-refractivity contribution in [2.75, 3.05) is 6.54 Å². The molecule has 0 bridgehead atoms. The van der Waals surface area contributed by atoms with Crippen LogP contribution in [0.25, 0.3) is 0 Å². The number of aromatic carboxylic acids is 1. The summed E-state index contributed by atoms with van der Waals surface area (Å²) in [6.45, 7) is 0.989. The zero-order valence-electron chi connectivity index (χ0n) is 10.7. The van der Waals surface area contributed by atoms with Gasteiger partial charge in [-0.3, -0.25) is 4.79 Å². The van der Waals surface area contributed by atoms with E-state index in [-0.39, 0.29) is 5.91 Å². The van der Waals surface area contributed by atoms with E-state index < -0.39 is 5.97 Å². The van der Waals surface area contributed by atoms with E-state index in [2.05, 4.69) is 0 Å². The highest BCUT2D eigenvalue weighted by atomic mass is 32.1. The zero-order valence-corrected chi connectivity index (χ0v) is 11.5. The molecule has 0 atom stereocenters. The van der Waals surface area contributed by atoms with E-state index in [9.17, 15) is 9.59 Å². The van der Waals surface area contributed by atoms with E-state index in [0.717, 1.165) is 17.5 Å². The number of thiophene rings is 1. The lowest BCUT2D eigenvalue weighted by Gasteiger charge is -2.28. The Kier molecular flexibility index (Phi) is 3.28. The first-order valence-electron chi connectivity index (χ1n) is 6.33. The second kappa shape index (κ2) is 5.09. The summed E-state index contributed by atoms with van der Waals surface area (Å²) in [7, 11) is 0. The molecule has 1 aliphatic rings. The van der Waals surface area contributed by atoms with E-state index in [1.54, 1.807) is 16.3 Å². The van der Waals surface area contributed by atoms with Gasteiger partial charge in [0.1, 0.15) is 4.88 Å². The lowest BCUT2D eigenvalue weighted by molar-refractivity contribution is 0.0683. The molecule has 0 saturated heterocycles. The van der Waals surface area contributed by atoms with Crippen molar-refractivity contribution in [1.82, 2.24) is 4.90 Å². The topological polar surface area (TPSA) is 57.6 Å². The SMILES string of the molecule is O=C(O)c1sccc1CN1CCc2ccccc2C1=O. The summed E-state index contributed by atoms with van der Waals surface area (Å²) < 4.78 is 0. The van der Waals surface area contributed by atoms with Crippen LogP contribution in [0.1, 0.15) is 31.2 Å². The summed E-state index contributed by atoms with van der Waals surface area (Å²) in [5.74, 6) is -0.950. The minimum Gasteiger partial charge on any atom is -0.477 e. The Morgan fingerprint density at radius 2 is 2.10 bits per heavy atom. The van der Waals surface area contributed by atoms with Crippen LogP contribution in [-0.2, 0) is 13.0 Å². The maximum absolute atomic E-state index is 12.4. The number of rotatable bonds is 3. The molecule has 5 heteroatoms. The van der Waals surface area contributed by atoms with Crippen LogP contribution < -0.4 is 0 Å². The lowest BCUT2D eigenvalue weighted by atomic mass is 9.99. The largest absolute Gasteiger partial charge is 0.477 e. The monoisotopic (exact) mass is 287 g/mol. The minimum absolute atomic E-state index is 0.0191. The Hall–Kier alpha value is -2.14. The van der Waals surface area contributed by atoms with Crippen LogP contribution in [0, 0.1) is 0 Å². The molecule has 0 saturated carbocycles. The van der Waals surface area contributed by atoms with Crippen molar-refractivity contribution in [1.29, 1.82) is 0 Å². The molecule has 3 rings (SSSR count). The van der Waals surface area contributed by atoms with E-state index in [0.29, 0.717) is 23.5 Å². The molecule has 1 amide bonds. The van der Waals surface area contributed by atoms with Crippen molar-refractivity contribution in [3.05, 3.63) is 57.3 Å². The molecular weight excluding hydrogens is 274 g/mol. The van der Waals surface area contributed by atoms with Crippen LogP contribution in [0.2, 0.25) is 0 Å². The number of carbonyl (C=O) groups is 2. The molecule has 2 aromatic rings. The number of carboxylic acid groups (broad SMARTS) is 1. The number of nitrogens with zero attached hydrogens (tertiary/aromatic N) is 1. The van der Waals surface area contributed by atoms with Gasteiger partial charge in [-0.2, -0.15) is 0 Å². The van der Waals surface area contributed by atoms with Gasteiger partial charge in [0.25, 0.3) is 5.91 Å². The van der Waals surface area contributed by atoms with Crippen LogP contribution in [0.3, 0.4) is 0 Å². The van der Waals surface area contributed by atoms with E-state index in [4.69, 9.17) is 5.11 Å². The Morgan fingerprint density at radius 3 is 2.90 bits per heavy atom. The number of hydrogen-bond acceptors (Lipinski definition) is 3. The fourth-order valence-corrected chi connectivity index (χ4v) is 3.23. The summed E-state index contributed by atoms with van der Waals surface area (Å²) >= 11 is 1.20. The van der Waals surface area contributed by atoms with E-state index >= 15 is 0 Å². The number of fused-ring (bicyclic) bond motifs is 1. The zero-order chi connectivity index (χ0) is 14.1. The standard InChI is InChI=1S/C15H13NO3S/c17-14-12-4-2-1-3-10(12)5-7-16(14)9-11-6-8-20-13(11)15(18)19/h1-4,6,8H,5,7,9H2,(H,18,19). The molecule has 2 heterocycles. The van der Waals surface area contributed by atoms with Crippen molar-refractivity contribution in [2.24, 2.45) is 0 Å². The highest BCUT2D eigenvalue weighted by molar-refractivity contribution is 7.12. The fraction of sp³-hybridized carbons (Fsp3) is 0.200. The highest BCUT2D eigenvalue weighted by Crippen LogP contribution is 2.23. The van der Waals surface area contributed by atoms with Gasteiger partial charge >= 0.3 is 5.97 Å². The van der Waals surface area contributed by atoms with Crippen LogP contribution in [0.5, 0.6) is 0 Å². The quantitative estimate of drug-likeness (QED) is 0.944. The summed E-state index contributed by atoms with van der Waals surface area (Å²) in [5.41, 5.74) is 2.50. The second-order valence-corrected chi connectivity index (χ2v) is 5.63. The summed E-state index contributed by atoms with van der Waals surface area (Å²) in [6.07, 6.45) is 0.814. The summed E-state index contributed by atoms with van der Waals surface area (Å²) in [4.78, 5) is 25.6. The molecule has 0 unspecified atom stereocenters. The van der Waals surface area contributed by atoms with Gasteiger partial charge in [0.15, 0.2) is 0 Å². The molecule has 20 heavy (non-hydrogen) atoms. The van der Waals surface area contributed by atoms with E-state index in [1.807, 2.05) is 24.3 Å². The maximum Gasteiger partial charge on any atom is 0.346 e. The predicted octanol–water partition coefficient (Wildman–Crippen LogP) is 2.64. The second-order valence-electron chi connectivity index (χ2n) is 4.71. The normalized spacial score (nSPS) is 14.2. The first kappa shape index (κ1) is 12.9. The summed E-state index contributed by atoms with van der Waals surface area (Å²) in [5, 5.41) is 10.9. The Morgan fingerprint density at radius 1 is 1.30 bits per heavy atom. The van der Waals surface area contributed by atoms with Crippen LogP contribution in [0.15, 0.2) is 35.7 Å². The molecule has 1 aromatic carbocycles. The molecule has 0 fully saturated rings. The number of hydrogen-bond donors (Lipinski definition) is 1. The number of carbonyl (C=O) groups excluding carboxylic acids is 1. The molecule has 0 spiro atoms. The first-order valence-corrected chi connectivity index (χ1v) is 7.21. The van der Waals surface area contributed by atoms with Crippen molar-refractivity contribution in [2.45, 2.75) is 13.0 Å². The summed E-state index contributed by atoms with van der Waals surface area (Å²) in [6, 6.07) is 9.37. The third kappa shape index (κ3) is 2.20. The number of amides is 1. The van der Waals surface area contributed by atoms with Crippen LogP contribution >= 0.6 is 11.3 Å². The molecule has 1 aromatic heterocycles. The molecule has 1 aliphatic heterocycles. The number of benzene rings is 1. The average Bonchev–Trinajstić information content (AvgIpc) is 2.91. The number of carboxylic acids is 1. The Balaban J connectivity index is 1.85. The van der Waals surface area contributed by atoms with Crippen LogP contribution in [0.4, 0.5) is 0 Å². The molecule has 102 valence electrons. The van der Waals surface area contributed by atoms with Gasteiger partial charge in [0.2, 0.25) is 0 Å². The van der Waals surface area contributed by atoms with Gasteiger partial charge in [0, 0.05) is 18.7 Å². The van der Waals surface area contributed by atoms with Gasteiger partial charge < -0.3 is 10.0 Å². The average molecular weight is 287 g/mol. The van der Waals surface area contributed by atoms with E-state index in [1.165, 1.54) is 11.3 Å². The van der Waals surface area contributed by atoms with Gasteiger partial charge in [0.05, 0.1) is 0 Å². The Labute approximate surface area is 120 Å². The third-order valence-electron chi connectivity index (χ3n) is 3.49. The van der Waals surface area contributed by atoms with Crippen molar-refractivity contribution >= 4 is 23.2 Å². The molecule has 1 N–H and O–H groups in total. The highest BCUT2D eigenvalue weighted by Gasteiger charge is 2.25. The van der Waals surface area contributed by atoms with Gasteiger partial charge in [-0.05, 0) is 35.1 Å². The van der Waals surface area contributed by atoms with Crippen molar-refractivity contribution < 1.29 is 14.7 Å². The van der Waals surface area contributed by atoms with Crippen molar-refractivity contribution in [3.8, 4) is 0 Å². The molecule has 0 radical (unpaired) electrons. The molecular formula is C15H13NO3S. The third-order valence-corrected chi connectivity index (χ3v) is 4.43. The smallest absolute Gasteiger partial charge is 0.346 e. The van der Waals surface area contributed by atoms with Gasteiger partial charge in [-0.15, -0.1) is 11.3 Å². The predicted molar refractivity (Wildman–Crippen MR) is 76.2 cm³/mol. The van der Waals surface area contributed by atoms with Gasteiger partial charge in [-0.25, -0.2) is 4.79 Å².